The van der Waals surface area contributed by atoms with Crippen LogP contribution in [0.3, 0.4) is 0 Å². The van der Waals surface area contributed by atoms with Crippen LogP contribution in [-0.4, -0.2) is 39.2 Å². The number of amides is 1. The van der Waals surface area contributed by atoms with E-state index in [9.17, 15) is 4.79 Å². The molecule has 0 bridgehead atoms. The van der Waals surface area contributed by atoms with Crippen LogP contribution in [-0.2, 0) is 18.5 Å². The van der Waals surface area contributed by atoms with Crippen LogP contribution in [0.15, 0.2) is 24.5 Å². The van der Waals surface area contributed by atoms with E-state index in [4.69, 9.17) is 4.74 Å². The van der Waals surface area contributed by atoms with Crippen LogP contribution in [0.5, 0.6) is 5.75 Å². The molecule has 0 unspecified atom stereocenters. The SMILES string of the molecule is COc1ccc2c(c1)CCCN(C(=O)c1ncn(C(C)(C)C)n1)C2. The molecule has 1 aromatic carbocycles. The highest BCUT2D eigenvalue weighted by Crippen LogP contribution is 2.24. The smallest absolute Gasteiger partial charge is 0.293 e. The van der Waals surface area contributed by atoms with Crippen molar-refractivity contribution in [3.8, 4) is 5.75 Å². The lowest BCUT2D eigenvalue weighted by Gasteiger charge is -2.20. The molecule has 0 radical (unpaired) electrons. The lowest BCUT2D eigenvalue weighted by molar-refractivity contribution is 0.0732. The van der Waals surface area contributed by atoms with Gasteiger partial charge in [-0.15, -0.1) is 5.10 Å². The van der Waals surface area contributed by atoms with E-state index >= 15 is 0 Å². The third-order valence-electron chi connectivity index (χ3n) is 4.31. The normalized spacial score (nSPS) is 14.9. The van der Waals surface area contributed by atoms with Crippen molar-refractivity contribution in [3.05, 3.63) is 41.5 Å². The highest BCUT2D eigenvalue weighted by molar-refractivity contribution is 5.90. The summed E-state index contributed by atoms with van der Waals surface area (Å²) in [7, 11) is 1.67. The molecule has 3 rings (SSSR count). The van der Waals surface area contributed by atoms with Crippen LogP contribution in [0.1, 0.15) is 48.9 Å². The number of aromatic nitrogens is 3. The Morgan fingerprint density at radius 1 is 1.25 bits per heavy atom. The number of hydrogen-bond acceptors (Lipinski definition) is 4. The van der Waals surface area contributed by atoms with E-state index < -0.39 is 0 Å². The molecule has 0 aliphatic carbocycles. The number of hydrogen-bond donors (Lipinski definition) is 0. The molecule has 128 valence electrons. The molecule has 1 aromatic heterocycles. The van der Waals surface area contributed by atoms with Crippen molar-refractivity contribution >= 4 is 5.91 Å². The first kappa shape index (κ1) is 16.5. The molecular formula is C18H24N4O2. The highest BCUT2D eigenvalue weighted by atomic mass is 16.5. The Morgan fingerprint density at radius 2 is 2.04 bits per heavy atom. The van der Waals surface area contributed by atoms with Gasteiger partial charge in [0, 0.05) is 13.1 Å². The van der Waals surface area contributed by atoms with Gasteiger partial charge >= 0.3 is 0 Å². The second kappa shape index (κ2) is 6.26. The molecule has 0 fully saturated rings. The van der Waals surface area contributed by atoms with Gasteiger partial charge in [0.15, 0.2) is 0 Å². The zero-order valence-electron chi connectivity index (χ0n) is 14.7. The number of aryl methyl sites for hydroxylation is 1. The fraction of sp³-hybridized carbons (Fsp3) is 0.500. The molecule has 6 heteroatoms. The third kappa shape index (κ3) is 3.27. The number of nitrogens with zero attached hydrogens (tertiary/aromatic N) is 4. The van der Waals surface area contributed by atoms with E-state index in [1.807, 2.05) is 37.8 Å². The lowest BCUT2D eigenvalue weighted by atomic mass is 10.0. The Labute approximate surface area is 142 Å². The Hall–Kier alpha value is -2.37. The van der Waals surface area contributed by atoms with Gasteiger partial charge in [-0.2, -0.15) is 0 Å². The maximum atomic E-state index is 12.8. The maximum Gasteiger partial charge on any atom is 0.293 e. The fourth-order valence-electron chi connectivity index (χ4n) is 2.86. The van der Waals surface area contributed by atoms with E-state index in [0.29, 0.717) is 13.1 Å². The first-order valence-electron chi connectivity index (χ1n) is 8.25. The van der Waals surface area contributed by atoms with Crippen LogP contribution in [0, 0.1) is 0 Å². The van der Waals surface area contributed by atoms with Crippen molar-refractivity contribution in [2.45, 2.75) is 45.7 Å². The molecule has 1 aliphatic rings. The lowest BCUT2D eigenvalue weighted by Crippen LogP contribution is -2.32. The molecule has 6 nitrogen and oxygen atoms in total. The first-order chi connectivity index (χ1) is 11.4. The molecule has 2 heterocycles. The van der Waals surface area contributed by atoms with Gasteiger partial charge in [-0.25, -0.2) is 9.67 Å². The van der Waals surface area contributed by atoms with Crippen molar-refractivity contribution in [1.82, 2.24) is 19.7 Å². The zero-order chi connectivity index (χ0) is 17.3. The topological polar surface area (TPSA) is 60.2 Å². The zero-order valence-corrected chi connectivity index (χ0v) is 14.7. The Kier molecular flexibility index (Phi) is 4.30. The van der Waals surface area contributed by atoms with Gasteiger partial charge in [-0.3, -0.25) is 4.79 Å². The average molecular weight is 328 g/mol. The standard InChI is InChI=1S/C18H24N4O2/c1-18(2,3)22-12-19-16(20-22)17(23)21-9-5-6-13-10-15(24-4)8-7-14(13)11-21/h7-8,10,12H,5-6,9,11H2,1-4H3. The minimum absolute atomic E-state index is 0.110. The number of fused-ring (bicyclic) bond motifs is 1. The number of ether oxygens (including phenoxy) is 1. The summed E-state index contributed by atoms with van der Waals surface area (Å²) in [4.78, 5) is 18.8. The van der Waals surface area contributed by atoms with Gasteiger partial charge < -0.3 is 9.64 Å². The molecule has 2 aromatic rings. The Balaban J connectivity index is 1.81. The molecule has 0 saturated carbocycles. The molecule has 24 heavy (non-hydrogen) atoms. The van der Waals surface area contributed by atoms with Crippen LogP contribution in [0.4, 0.5) is 0 Å². The van der Waals surface area contributed by atoms with Gasteiger partial charge in [0.05, 0.1) is 12.6 Å². The second-order valence-electron chi connectivity index (χ2n) is 7.15. The molecule has 0 spiro atoms. The summed E-state index contributed by atoms with van der Waals surface area (Å²) in [5, 5.41) is 4.36. The number of carbonyl (C=O) groups excluding carboxylic acids is 1. The van der Waals surface area contributed by atoms with Gasteiger partial charge in [-0.1, -0.05) is 6.07 Å². The highest BCUT2D eigenvalue weighted by Gasteiger charge is 2.25. The van der Waals surface area contributed by atoms with E-state index in [2.05, 4.69) is 16.1 Å². The summed E-state index contributed by atoms with van der Waals surface area (Å²) in [5.74, 6) is 1.02. The van der Waals surface area contributed by atoms with Crippen molar-refractivity contribution in [3.63, 3.8) is 0 Å². The summed E-state index contributed by atoms with van der Waals surface area (Å²) in [5.41, 5.74) is 2.22. The predicted molar refractivity (Wildman–Crippen MR) is 91.1 cm³/mol. The second-order valence-corrected chi connectivity index (χ2v) is 7.15. The fourth-order valence-corrected chi connectivity index (χ4v) is 2.86. The van der Waals surface area contributed by atoms with Gasteiger partial charge in [-0.05, 0) is 56.9 Å². The van der Waals surface area contributed by atoms with Crippen molar-refractivity contribution in [1.29, 1.82) is 0 Å². The minimum Gasteiger partial charge on any atom is -0.497 e. The largest absolute Gasteiger partial charge is 0.497 e. The quantitative estimate of drug-likeness (QED) is 0.850. The number of benzene rings is 1. The van der Waals surface area contributed by atoms with E-state index in [1.165, 1.54) is 5.56 Å². The summed E-state index contributed by atoms with van der Waals surface area (Å²) >= 11 is 0. The summed E-state index contributed by atoms with van der Waals surface area (Å²) in [6.45, 7) is 7.39. The maximum absolute atomic E-state index is 12.8. The molecule has 1 amide bonds. The average Bonchev–Trinajstić information content (AvgIpc) is 2.95. The van der Waals surface area contributed by atoms with E-state index in [1.54, 1.807) is 18.1 Å². The third-order valence-corrected chi connectivity index (χ3v) is 4.31. The van der Waals surface area contributed by atoms with Crippen molar-refractivity contribution in [2.24, 2.45) is 0 Å². The van der Waals surface area contributed by atoms with Gasteiger partial charge in [0.25, 0.3) is 5.91 Å². The molecular weight excluding hydrogens is 304 g/mol. The molecule has 0 saturated heterocycles. The summed E-state index contributed by atoms with van der Waals surface area (Å²) in [6.07, 6.45) is 3.50. The number of carbonyl (C=O) groups is 1. The summed E-state index contributed by atoms with van der Waals surface area (Å²) in [6, 6.07) is 6.05. The molecule has 0 N–H and O–H groups in total. The van der Waals surface area contributed by atoms with Gasteiger partial charge in [0.1, 0.15) is 12.1 Å². The molecule has 1 aliphatic heterocycles. The Bertz CT molecular complexity index is 746. The molecule has 0 atom stereocenters. The number of methoxy groups -OCH3 is 1. The van der Waals surface area contributed by atoms with Gasteiger partial charge in [0.2, 0.25) is 5.82 Å². The van der Waals surface area contributed by atoms with Crippen molar-refractivity contribution < 1.29 is 9.53 Å². The van der Waals surface area contributed by atoms with Crippen LogP contribution >= 0.6 is 0 Å². The monoisotopic (exact) mass is 328 g/mol. The number of rotatable bonds is 2. The van der Waals surface area contributed by atoms with Crippen LogP contribution in [0.2, 0.25) is 0 Å². The Morgan fingerprint density at radius 3 is 2.71 bits per heavy atom. The predicted octanol–water partition coefficient (Wildman–Crippen LogP) is 2.63. The van der Waals surface area contributed by atoms with E-state index in [0.717, 1.165) is 24.2 Å². The minimum atomic E-state index is -0.187. The van der Waals surface area contributed by atoms with Crippen LogP contribution < -0.4 is 4.74 Å². The summed E-state index contributed by atoms with van der Waals surface area (Å²) < 4.78 is 7.03. The van der Waals surface area contributed by atoms with Crippen molar-refractivity contribution in [2.75, 3.05) is 13.7 Å². The first-order valence-corrected chi connectivity index (χ1v) is 8.25. The van der Waals surface area contributed by atoms with E-state index in [-0.39, 0.29) is 17.3 Å². The van der Waals surface area contributed by atoms with Crippen LogP contribution in [0.25, 0.3) is 0 Å².